The van der Waals surface area contributed by atoms with E-state index in [0.717, 1.165) is 29.3 Å². The van der Waals surface area contributed by atoms with Crippen molar-refractivity contribution in [3.63, 3.8) is 0 Å². The van der Waals surface area contributed by atoms with Gasteiger partial charge in [0.15, 0.2) is 0 Å². The molecule has 1 aromatic rings. The summed E-state index contributed by atoms with van der Waals surface area (Å²) in [5.74, 6) is 1.65. The van der Waals surface area contributed by atoms with E-state index in [1.807, 2.05) is 12.1 Å². The first-order valence-electron chi connectivity index (χ1n) is 8.29. The molecule has 2 aliphatic carbocycles. The van der Waals surface area contributed by atoms with Gasteiger partial charge in [0, 0.05) is 11.1 Å². The van der Waals surface area contributed by atoms with E-state index in [0.29, 0.717) is 0 Å². The van der Waals surface area contributed by atoms with Crippen molar-refractivity contribution in [2.45, 2.75) is 57.4 Å². The van der Waals surface area contributed by atoms with Gasteiger partial charge < -0.3 is 5.32 Å². The van der Waals surface area contributed by atoms with Crippen LogP contribution < -0.4 is 5.32 Å². The summed E-state index contributed by atoms with van der Waals surface area (Å²) < 4.78 is 0. The summed E-state index contributed by atoms with van der Waals surface area (Å²) in [6.45, 7) is 1.22. The van der Waals surface area contributed by atoms with Crippen molar-refractivity contribution in [3.8, 4) is 0 Å². The van der Waals surface area contributed by atoms with Crippen LogP contribution in [0.2, 0.25) is 5.02 Å². The average molecular weight is 292 g/mol. The molecule has 0 amide bonds. The van der Waals surface area contributed by atoms with Crippen LogP contribution in [0.4, 0.5) is 0 Å². The third kappa shape index (κ3) is 3.99. The van der Waals surface area contributed by atoms with E-state index >= 15 is 0 Å². The topological polar surface area (TPSA) is 12.0 Å². The minimum Gasteiger partial charge on any atom is -0.314 e. The molecule has 1 aromatic carbocycles. The quantitative estimate of drug-likeness (QED) is 0.766. The Bertz CT molecular complexity index is 427. The third-order valence-electron chi connectivity index (χ3n) is 5.00. The molecule has 0 spiro atoms. The second kappa shape index (κ2) is 6.95. The summed E-state index contributed by atoms with van der Waals surface area (Å²) in [6, 6.07) is 9.23. The molecule has 2 fully saturated rings. The summed E-state index contributed by atoms with van der Waals surface area (Å²) in [5, 5.41) is 4.70. The Labute approximate surface area is 128 Å². The zero-order valence-electron chi connectivity index (χ0n) is 12.3. The van der Waals surface area contributed by atoms with Crippen molar-refractivity contribution >= 4 is 11.6 Å². The smallest absolute Gasteiger partial charge is 0.0438 e. The van der Waals surface area contributed by atoms with Crippen molar-refractivity contribution in [2.24, 2.45) is 11.8 Å². The van der Waals surface area contributed by atoms with Crippen molar-refractivity contribution < 1.29 is 0 Å². The highest BCUT2D eigenvalue weighted by Crippen LogP contribution is 2.33. The second-order valence-electron chi connectivity index (χ2n) is 6.64. The van der Waals surface area contributed by atoms with Crippen molar-refractivity contribution in [1.29, 1.82) is 0 Å². The van der Waals surface area contributed by atoms with Gasteiger partial charge in [-0.15, -0.1) is 0 Å². The van der Waals surface area contributed by atoms with E-state index in [1.165, 1.54) is 57.1 Å². The fraction of sp³-hybridized carbons (Fsp3) is 0.667. The van der Waals surface area contributed by atoms with Crippen LogP contribution in [0.3, 0.4) is 0 Å². The number of nitrogens with one attached hydrogen (secondary N) is 1. The molecule has 2 heteroatoms. The predicted octanol–water partition coefficient (Wildman–Crippen LogP) is 4.83. The fourth-order valence-corrected chi connectivity index (χ4v) is 3.76. The SMILES string of the molecule is Clc1ccccc1CC1CCCCCC1CNC1CC1. The largest absolute Gasteiger partial charge is 0.314 e. The zero-order chi connectivity index (χ0) is 13.8. The van der Waals surface area contributed by atoms with Gasteiger partial charge in [-0.25, -0.2) is 0 Å². The van der Waals surface area contributed by atoms with Crippen LogP contribution in [0.5, 0.6) is 0 Å². The van der Waals surface area contributed by atoms with Gasteiger partial charge in [-0.1, -0.05) is 49.1 Å². The van der Waals surface area contributed by atoms with Crippen LogP contribution in [0.1, 0.15) is 50.5 Å². The van der Waals surface area contributed by atoms with Gasteiger partial charge in [-0.3, -0.25) is 0 Å². The molecule has 0 heterocycles. The van der Waals surface area contributed by atoms with E-state index in [-0.39, 0.29) is 0 Å². The summed E-state index contributed by atoms with van der Waals surface area (Å²) in [6.07, 6.45) is 10.9. The van der Waals surface area contributed by atoms with Crippen LogP contribution in [-0.4, -0.2) is 12.6 Å². The molecule has 3 rings (SSSR count). The first-order valence-corrected chi connectivity index (χ1v) is 8.67. The molecule has 0 aliphatic heterocycles. The van der Waals surface area contributed by atoms with Gasteiger partial charge in [0.25, 0.3) is 0 Å². The molecule has 2 aliphatic rings. The van der Waals surface area contributed by atoms with E-state index < -0.39 is 0 Å². The lowest BCUT2D eigenvalue weighted by molar-refractivity contribution is 0.297. The van der Waals surface area contributed by atoms with Gasteiger partial charge in [-0.2, -0.15) is 0 Å². The lowest BCUT2D eigenvalue weighted by Gasteiger charge is -2.26. The maximum absolute atomic E-state index is 6.35. The number of rotatable bonds is 5. The van der Waals surface area contributed by atoms with Crippen LogP contribution in [0.25, 0.3) is 0 Å². The van der Waals surface area contributed by atoms with Gasteiger partial charge in [0.1, 0.15) is 0 Å². The molecule has 0 bridgehead atoms. The number of hydrogen-bond donors (Lipinski definition) is 1. The van der Waals surface area contributed by atoms with Crippen LogP contribution >= 0.6 is 11.6 Å². The van der Waals surface area contributed by atoms with E-state index in [4.69, 9.17) is 11.6 Å². The number of hydrogen-bond acceptors (Lipinski definition) is 1. The molecule has 2 atom stereocenters. The van der Waals surface area contributed by atoms with Gasteiger partial charge >= 0.3 is 0 Å². The second-order valence-corrected chi connectivity index (χ2v) is 7.04. The highest BCUT2D eigenvalue weighted by atomic mass is 35.5. The molecular formula is C18H26ClN. The number of halogens is 1. The Hall–Kier alpha value is -0.530. The van der Waals surface area contributed by atoms with E-state index in [2.05, 4.69) is 17.4 Å². The highest BCUT2D eigenvalue weighted by Gasteiger charge is 2.27. The Morgan fingerprint density at radius 1 is 0.950 bits per heavy atom. The molecule has 2 saturated carbocycles. The van der Waals surface area contributed by atoms with Gasteiger partial charge in [0.2, 0.25) is 0 Å². The maximum atomic E-state index is 6.35. The Balaban J connectivity index is 1.64. The molecule has 0 saturated heterocycles. The fourth-order valence-electron chi connectivity index (χ4n) is 3.55. The number of benzene rings is 1. The zero-order valence-corrected chi connectivity index (χ0v) is 13.0. The Morgan fingerprint density at radius 2 is 1.70 bits per heavy atom. The first-order chi connectivity index (χ1) is 9.83. The summed E-state index contributed by atoms with van der Waals surface area (Å²) in [7, 11) is 0. The minimum atomic E-state index is 0.809. The summed E-state index contributed by atoms with van der Waals surface area (Å²) in [5.41, 5.74) is 1.34. The van der Waals surface area contributed by atoms with Gasteiger partial charge in [0.05, 0.1) is 0 Å². The van der Waals surface area contributed by atoms with Gasteiger partial charge in [-0.05, 0) is 62.1 Å². The molecule has 1 nitrogen and oxygen atoms in total. The molecule has 0 radical (unpaired) electrons. The van der Waals surface area contributed by atoms with Crippen molar-refractivity contribution in [3.05, 3.63) is 34.9 Å². The standard InChI is InChI=1S/C18H26ClN/c19-18-9-5-4-7-15(18)12-14-6-2-1-3-8-16(14)13-20-17-10-11-17/h4-5,7,9,14,16-17,20H,1-3,6,8,10-13H2. The molecule has 2 unspecified atom stereocenters. The first kappa shape index (κ1) is 14.4. The minimum absolute atomic E-state index is 0.809. The lowest BCUT2D eigenvalue weighted by atomic mass is 9.83. The highest BCUT2D eigenvalue weighted by molar-refractivity contribution is 6.31. The molecule has 110 valence electrons. The Kier molecular flexibility index (Phi) is 5.01. The molecule has 20 heavy (non-hydrogen) atoms. The van der Waals surface area contributed by atoms with Crippen molar-refractivity contribution in [1.82, 2.24) is 5.32 Å². The normalized spacial score (nSPS) is 27.2. The maximum Gasteiger partial charge on any atom is 0.0438 e. The molecule has 0 aromatic heterocycles. The lowest BCUT2D eigenvalue weighted by Crippen LogP contribution is -2.30. The van der Waals surface area contributed by atoms with E-state index in [9.17, 15) is 0 Å². The average Bonchev–Trinajstić information content (AvgIpc) is 3.27. The van der Waals surface area contributed by atoms with Crippen LogP contribution in [0, 0.1) is 11.8 Å². The third-order valence-corrected chi connectivity index (χ3v) is 5.37. The summed E-state index contributed by atoms with van der Waals surface area (Å²) in [4.78, 5) is 0. The predicted molar refractivity (Wildman–Crippen MR) is 86.2 cm³/mol. The van der Waals surface area contributed by atoms with Crippen molar-refractivity contribution in [2.75, 3.05) is 6.54 Å². The Morgan fingerprint density at radius 3 is 2.45 bits per heavy atom. The van der Waals surface area contributed by atoms with Crippen LogP contribution in [-0.2, 0) is 6.42 Å². The van der Waals surface area contributed by atoms with E-state index in [1.54, 1.807) is 0 Å². The van der Waals surface area contributed by atoms with Crippen LogP contribution in [0.15, 0.2) is 24.3 Å². The monoisotopic (exact) mass is 291 g/mol. The summed E-state index contributed by atoms with van der Waals surface area (Å²) >= 11 is 6.35. The molecule has 1 N–H and O–H groups in total. The molecular weight excluding hydrogens is 266 g/mol.